The summed E-state index contributed by atoms with van der Waals surface area (Å²) >= 11 is 0. The van der Waals surface area contributed by atoms with Crippen molar-refractivity contribution in [2.24, 2.45) is 5.73 Å². The topological polar surface area (TPSA) is 43.1 Å². The van der Waals surface area contributed by atoms with Gasteiger partial charge in [-0.2, -0.15) is 0 Å². The van der Waals surface area contributed by atoms with E-state index in [1.165, 1.54) is 12.1 Å². The predicted molar refractivity (Wildman–Crippen MR) is 65.3 cm³/mol. The number of halogens is 2. The summed E-state index contributed by atoms with van der Waals surface area (Å²) in [5.41, 5.74) is 5.41. The monoisotopic (exact) mass is 253 g/mol. The molecule has 1 aliphatic carbocycles. The summed E-state index contributed by atoms with van der Waals surface area (Å²) in [4.78, 5) is 12.0. The zero-order valence-corrected chi connectivity index (χ0v) is 10.2. The first-order valence-electron chi connectivity index (χ1n) is 6.28. The van der Waals surface area contributed by atoms with Crippen molar-refractivity contribution in [3.8, 4) is 0 Å². The number of ketones is 1. The fraction of sp³-hybridized carbons (Fsp3) is 0.500. The third-order valence-corrected chi connectivity index (χ3v) is 3.61. The van der Waals surface area contributed by atoms with Gasteiger partial charge in [0.05, 0.1) is 5.56 Å². The van der Waals surface area contributed by atoms with Gasteiger partial charge in [-0.3, -0.25) is 4.79 Å². The fourth-order valence-electron chi connectivity index (χ4n) is 2.57. The molecule has 2 rings (SSSR count). The molecule has 0 radical (unpaired) electrons. The molecule has 1 aromatic rings. The highest BCUT2D eigenvalue weighted by molar-refractivity contribution is 5.97. The summed E-state index contributed by atoms with van der Waals surface area (Å²) in [6, 6.07) is 3.66. The number of hydrogen-bond acceptors (Lipinski definition) is 2. The zero-order chi connectivity index (χ0) is 13.2. The predicted octanol–water partition coefficient (Wildman–Crippen LogP) is 3.20. The van der Waals surface area contributed by atoms with Crippen molar-refractivity contribution in [2.75, 3.05) is 0 Å². The van der Waals surface area contributed by atoms with Gasteiger partial charge in [-0.25, -0.2) is 8.78 Å². The maximum Gasteiger partial charge on any atom is 0.169 e. The van der Waals surface area contributed by atoms with Crippen LogP contribution in [0, 0.1) is 11.6 Å². The minimum Gasteiger partial charge on any atom is -0.325 e. The molecule has 18 heavy (non-hydrogen) atoms. The highest BCUT2D eigenvalue weighted by Crippen LogP contribution is 2.30. The lowest BCUT2D eigenvalue weighted by Gasteiger charge is -2.32. The maximum atomic E-state index is 13.5. The van der Waals surface area contributed by atoms with Gasteiger partial charge < -0.3 is 5.73 Å². The molecule has 0 unspecified atom stereocenters. The number of carbonyl (C=O) groups is 1. The van der Waals surface area contributed by atoms with Gasteiger partial charge in [-0.05, 0) is 25.0 Å². The molecule has 0 saturated heterocycles. The Bertz CT molecular complexity index is 453. The molecule has 0 aromatic heterocycles. The molecule has 1 saturated carbocycles. The third-order valence-electron chi connectivity index (χ3n) is 3.61. The lowest BCUT2D eigenvalue weighted by Crippen LogP contribution is -2.43. The summed E-state index contributed by atoms with van der Waals surface area (Å²) < 4.78 is 26.5. The van der Waals surface area contributed by atoms with Crippen LogP contribution in [-0.2, 0) is 0 Å². The first kappa shape index (κ1) is 13.1. The van der Waals surface area contributed by atoms with Crippen LogP contribution in [0.3, 0.4) is 0 Å². The average Bonchev–Trinajstić information content (AvgIpc) is 2.33. The molecule has 2 nitrogen and oxygen atoms in total. The Morgan fingerprint density at radius 3 is 2.56 bits per heavy atom. The van der Waals surface area contributed by atoms with Crippen LogP contribution in [-0.4, -0.2) is 11.3 Å². The average molecular weight is 253 g/mol. The molecule has 0 atom stereocenters. The van der Waals surface area contributed by atoms with Gasteiger partial charge in [0.2, 0.25) is 0 Å². The largest absolute Gasteiger partial charge is 0.325 e. The maximum absolute atomic E-state index is 13.5. The second kappa shape index (κ2) is 5.14. The number of hydrogen-bond donors (Lipinski definition) is 1. The summed E-state index contributed by atoms with van der Waals surface area (Å²) in [5, 5.41) is 0. The smallest absolute Gasteiger partial charge is 0.169 e. The number of Topliss-reactive ketones (excluding diaryl/α,β-unsaturated/α-hetero) is 1. The van der Waals surface area contributed by atoms with Crippen LogP contribution in [0.5, 0.6) is 0 Å². The van der Waals surface area contributed by atoms with E-state index in [0.717, 1.165) is 38.2 Å². The molecule has 1 aliphatic rings. The first-order chi connectivity index (χ1) is 8.52. The second-order valence-electron chi connectivity index (χ2n) is 5.12. The molecule has 0 aliphatic heterocycles. The van der Waals surface area contributed by atoms with Gasteiger partial charge in [0.1, 0.15) is 0 Å². The molecule has 98 valence electrons. The molecule has 0 heterocycles. The van der Waals surface area contributed by atoms with Crippen LogP contribution in [0.25, 0.3) is 0 Å². The summed E-state index contributed by atoms with van der Waals surface area (Å²) in [5.74, 6) is -2.46. The van der Waals surface area contributed by atoms with E-state index >= 15 is 0 Å². The van der Waals surface area contributed by atoms with Crippen molar-refractivity contribution >= 4 is 5.78 Å². The minimum absolute atomic E-state index is 0.0906. The molecule has 2 N–H and O–H groups in total. The van der Waals surface area contributed by atoms with Crippen LogP contribution in [0.4, 0.5) is 8.78 Å². The van der Waals surface area contributed by atoms with E-state index in [1.807, 2.05) is 0 Å². The third kappa shape index (κ3) is 2.75. The SMILES string of the molecule is NC1(CC(=O)c2cccc(F)c2F)CCCCC1. The van der Waals surface area contributed by atoms with E-state index in [4.69, 9.17) is 5.73 Å². The van der Waals surface area contributed by atoms with Gasteiger partial charge in [0, 0.05) is 12.0 Å². The van der Waals surface area contributed by atoms with Gasteiger partial charge in [0.25, 0.3) is 0 Å². The van der Waals surface area contributed by atoms with Crippen molar-refractivity contribution in [3.05, 3.63) is 35.4 Å². The van der Waals surface area contributed by atoms with Crippen LogP contribution < -0.4 is 5.73 Å². The molecule has 0 amide bonds. The van der Waals surface area contributed by atoms with Crippen molar-refractivity contribution in [3.63, 3.8) is 0 Å². The number of rotatable bonds is 3. The highest BCUT2D eigenvalue weighted by Gasteiger charge is 2.31. The van der Waals surface area contributed by atoms with Crippen molar-refractivity contribution in [1.82, 2.24) is 0 Å². The normalized spacial score (nSPS) is 18.6. The van der Waals surface area contributed by atoms with E-state index in [2.05, 4.69) is 0 Å². The van der Waals surface area contributed by atoms with E-state index in [-0.39, 0.29) is 12.0 Å². The molecule has 0 bridgehead atoms. The molecule has 1 fully saturated rings. The van der Waals surface area contributed by atoms with E-state index in [1.54, 1.807) is 0 Å². The van der Waals surface area contributed by atoms with Crippen molar-refractivity contribution in [2.45, 2.75) is 44.1 Å². The Balaban J connectivity index is 2.14. The van der Waals surface area contributed by atoms with Crippen molar-refractivity contribution in [1.29, 1.82) is 0 Å². The Labute approximate surface area is 105 Å². The van der Waals surface area contributed by atoms with E-state index in [0.29, 0.717) is 0 Å². The van der Waals surface area contributed by atoms with Gasteiger partial charge in [-0.1, -0.05) is 25.3 Å². The number of benzene rings is 1. The molecule has 1 aromatic carbocycles. The first-order valence-corrected chi connectivity index (χ1v) is 6.28. The minimum atomic E-state index is -1.07. The van der Waals surface area contributed by atoms with Crippen LogP contribution in [0.1, 0.15) is 48.9 Å². The highest BCUT2D eigenvalue weighted by atomic mass is 19.2. The Kier molecular flexibility index (Phi) is 3.76. The van der Waals surface area contributed by atoms with Gasteiger partial charge in [-0.15, -0.1) is 0 Å². The Morgan fingerprint density at radius 2 is 1.89 bits per heavy atom. The summed E-state index contributed by atoms with van der Waals surface area (Å²) in [6.45, 7) is 0. The van der Waals surface area contributed by atoms with Gasteiger partial charge >= 0.3 is 0 Å². The lowest BCUT2D eigenvalue weighted by atomic mass is 9.78. The number of carbonyl (C=O) groups excluding carboxylic acids is 1. The Morgan fingerprint density at radius 1 is 1.22 bits per heavy atom. The van der Waals surface area contributed by atoms with Crippen LogP contribution >= 0.6 is 0 Å². The van der Waals surface area contributed by atoms with Crippen LogP contribution in [0.15, 0.2) is 18.2 Å². The van der Waals surface area contributed by atoms with Crippen molar-refractivity contribution < 1.29 is 13.6 Å². The zero-order valence-electron chi connectivity index (χ0n) is 10.2. The molecular formula is C14H17F2NO. The van der Waals surface area contributed by atoms with Crippen LogP contribution in [0.2, 0.25) is 0 Å². The summed E-state index contributed by atoms with van der Waals surface area (Å²) in [6.07, 6.45) is 4.75. The molecule has 4 heteroatoms. The quantitative estimate of drug-likeness (QED) is 0.840. The second-order valence-corrected chi connectivity index (χ2v) is 5.12. The lowest BCUT2D eigenvalue weighted by molar-refractivity contribution is 0.0929. The molecule has 0 spiro atoms. The van der Waals surface area contributed by atoms with E-state index < -0.39 is 23.0 Å². The van der Waals surface area contributed by atoms with E-state index in [9.17, 15) is 13.6 Å². The Hall–Kier alpha value is -1.29. The fourth-order valence-corrected chi connectivity index (χ4v) is 2.57. The molecular weight excluding hydrogens is 236 g/mol. The number of nitrogens with two attached hydrogens (primary N) is 1. The summed E-state index contributed by atoms with van der Waals surface area (Å²) in [7, 11) is 0. The standard InChI is InChI=1S/C14H17F2NO/c15-11-6-4-5-10(13(11)16)12(18)9-14(17)7-2-1-3-8-14/h4-6H,1-3,7-9,17H2. The van der Waals surface area contributed by atoms with Gasteiger partial charge in [0.15, 0.2) is 17.4 Å².